The predicted octanol–water partition coefficient (Wildman–Crippen LogP) is 1.26. The summed E-state index contributed by atoms with van der Waals surface area (Å²) >= 11 is 5.19. The van der Waals surface area contributed by atoms with Crippen molar-refractivity contribution >= 4 is 35.1 Å². The van der Waals surface area contributed by atoms with Gasteiger partial charge in [-0.1, -0.05) is 67.4 Å². The van der Waals surface area contributed by atoms with E-state index in [4.69, 9.17) is 23.7 Å². The third-order valence-corrected chi connectivity index (χ3v) is 8.64. The van der Waals surface area contributed by atoms with E-state index in [1.165, 1.54) is 0 Å². The van der Waals surface area contributed by atoms with Crippen LogP contribution in [0.2, 0.25) is 0 Å². The molecule has 0 aromatic heterocycles. The summed E-state index contributed by atoms with van der Waals surface area (Å²) in [6, 6.07) is 15.2. The summed E-state index contributed by atoms with van der Waals surface area (Å²) < 4.78 is 0. The van der Waals surface area contributed by atoms with Gasteiger partial charge in [-0.15, -0.1) is 0 Å². The number of rotatable bonds is 10. The lowest BCUT2D eigenvalue weighted by atomic mass is 9.96. The van der Waals surface area contributed by atoms with Crippen LogP contribution in [0, 0.1) is 0 Å². The Kier molecular flexibility index (Phi) is 11.5. The molecule has 1 unspecified atom stereocenters. The second-order valence-electron chi connectivity index (χ2n) is 11.2. The fraction of sp³-hybridized carbons (Fsp3) is 0.484. The molecule has 12 heteroatoms. The number of fused-ring (bicyclic) bond motifs is 1. The van der Waals surface area contributed by atoms with E-state index in [1.807, 2.05) is 54.6 Å². The Morgan fingerprint density at radius 3 is 2.28 bits per heavy atom. The van der Waals surface area contributed by atoms with Gasteiger partial charge in [0.2, 0.25) is 17.7 Å². The highest BCUT2D eigenvalue weighted by Crippen LogP contribution is 2.32. The second-order valence-corrected chi connectivity index (χ2v) is 11.6. The first-order valence-corrected chi connectivity index (χ1v) is 15.4. The molecular formula is C31H44N8O3S. The van der Waals surface area contributed by atoms with E-state index < -0.39 is 30.3 Å². The summed E-state index contributed by atoms with van der Waals surface area (Å²) in [6.07, 6.45) is 4.00. The van der Waals surface area contributed by atoms with Crippen LogP contribution in [-0.2, 0) is 14.4 Å². The van der Waals surface area contributed by atoms with Gasteiger partial charge in [-0.2, -0.15) is 0 Å². The molecule has 2 aliphatic heterocycles. The van der Waals surface area contributed by atoms with Crippen molar-refractivity contribution in [1.29, 1.82) is 0 Å². The molecule has 0 saturated carbocycles. The Balaban J connectivity index is 1.54. The quantitative estimate of drug-likeness (QED) is 0.155. The molecule has 232 valence electrons. The maximum absolute atomic E-state index is 14.0. The number of benzene rings is 2. The zero-order valence-electron chi connectivity index (χ0n) is 24.8. The van der Waals surface area contributed by atoms with Crippen LogP contribution in [0.4, 0.5) is 0 Å². The van der Waals surface area contributed by atoms with Crippen molar-refractivity contribution in [1.82, 2.24) is 31.5 Å². The number of carbonyl (C=O) groups is 3. The number of nitrogens with one attached hydrogen (secondary N) is 5. The van der Waals surface area contributed by atoms with Crippen LogP contribution < -0.4 is 38.1 Å². The molecule has 0 bridgehead atoms. The van der Waals surface area contributed by atoms with Crippen molar-refractivity contribution in [2.45, 2.75) is 81.8 Å². The lowest BCUT2D eigenvalue weighted by Crippen LogP contribution is -2.58. The molecule has 2 aromatic rings. The van der Waals surface area contributed by atoms with Gasteiger partial charge in [0.15, 0.2) is 5.11 Å². The van der Waals surface area contributed by atoms with E-state index in [1.54, 1.807) is 18.9 Å². The Morgan fingerprint density at radius 1 is 0.953 bits per heavy atom. The number of hydrogen-bond acceptors (Lipinski definition) is 7. The zero-order chi connectivity index (χ0) is 30.9. The maximum Gasteiger partial charge on any atom is 0.246 e. The smallest absolute Gasteiger partial charge is 0.246 e. The second kappa shape index (κ2) is 15.2. The molecule has 2 heterocycles. The number of hydrogen-bond donors (Lipinski definition) is 7. The summed E-state index contributed by atoms with van der Waals surface area (Å²) in [7, 11) is 1.71. The van der Waals surface area contributed by atoms with Gasteiger partial charge in [0.1, 0.15) is 18.2 Å². The molecule has 0 radical (unpaired) electrons. The SMILES string of the molecule is CN[C@@H](C)C(=O)N[C@H]1CCCC[C@H]2CC[C@@H](C(=O)N[C@@H](c3ccccc3)c3ccc(C(N)NC(=S)NCN)cc3)N2C1=O. The lowest BCUT2D eigenvalue weighted by Gasteiger charge is -2.36. The van der Waals surface area contributed by atoms with E-state index in [0.29, 0.717) is 18.0 Å². The van der Waals surface area contributed by atoms with E-state index in [9.17, 15) is 14.4 Å². The van der Waals surface area contributed by atoms with Crippen LogP contribution in [0.3, 0.4) is 0 Å². The first-order valence-electron chi connectivity index (χ1n) is 15.0. The zero-order valence-corrected chi connectivity index (χ0v) is 25.7. The average molecular weight is 609 g/mol. The molecule has 0 aliphatic carbocycles. The summed E-state index contributed by atoms with van der Waals surface area (Å²) in [5, 5.41) is 15.3. The summed E-state index contributed by atoms with van der Waals surface area (Å²) in [6.45, 7) is 1.96. The monoisotopic (exact) mass is 608 g/mol. The molecule has 11 nitrogen and oxygen atoms in total. The maximum atomic E-state index is 14.0. The molecule has 2 fully saturated rings. The van der Waals surface area contributed by atoms with Gasteiger partial charge in [0, 0.05) is 6.04 Å². The van der Waals surface area contributed by atoms with Crippen LogP contribution in [0.15, 0.2) is 54.6 Å². The number of carbonyl (C=O) groups excluding carboxylic acids is 3. The summed E-state index contributed by atoms with van der Waals surface area (Å²) in [4.78, 5) is 42.2. The third kappa shape index (κ3) is 8.08. The van der Waals surface area contributed by atoms with Gasteiger partial charge in [0.25, 0.3) is 0 Å². The Morgan fingerprint density at radius 2 is 1.60 bits per heavy atom. The highest BCUT2D eigenvalue weighted by Gasteiger charge is 2.44. The first kappa shape index (κ1) is 32.3. The number of likely N-dealkylation sites (N-methyl/N-ethyl adjacent to an activating group) is 1. The molecule has 2 saturated heterocycles. The van der Waals surface area contributed by atoms with Gasteiger partial charge in [0.05, 0.1) is 18.8 Å². The van der Waals surface area contributed by atoms with Gasteiger partial charge in [-0.3, -0.25) is 14.4 Å². The van der Waals surface area contributed by atoms with Crippen LogP contribution in [0.1, 0.15) is 74.3 Å². The van der Waals surface area contributed by atoms with Crippen LogP contribution >= 0.6 is 12.2 Å². The van der Waals surface area contributed by atoms with Crippen molar-refractivity contribution in [3.63, 3.8) is 0 Å². The van der Waals surface area contributed by atoms with E-state index in [2.05, 4.69) is 26.6 Å². The molecule has 4 rings (SSSR count). The summed E-state index contributed by atoms with van der Waals surface area (Å²) in [5.74, 6) is -0.610. The van der Waals surface area contributed by atoms with E-state index in [0.717, 1.165) is 42.4 Å². The standard InChI is InChI=1S/C31H44N8O3S/c1-19(34-2)28(40)36-24-11-7-6-10-23-16-17-25(39(23)30(24)42)29(41)37-26(20-8-4-3-5-9-20)21-12-14-22(15-13-21)27(33)38-31(43)35-18-32/h3-5,8-9,12-15,19,23-27,34H,6-7,10-11,16-18,32-33H2,1-2H3,(H,36,40)(H,37,41)(H2,35,38,43)/t19-,23-,24-,25-,26-,27?/m0/s1. The van der Waals surface area contributed by atoms with E-state index in [-0.39, 0.29) is 30.4 Å². The molecular weight excluding hydrogens is 564 g/mol. The van der Waals surface area contributed by atoms with Crippen molar-refractivity contribution in [3.8, 4) is 0 Å². The van der Waals surface area contributed by atoms with Crippen molar-refractivity contribution in [3.05, 3.63) is 71.3 Å². The molecule has 0 spiro atoms. The highest BCUT2D eigenvalue weighted by atomic mass is 32.1. The molecule has 9 N–H and O–H groups in total. The fourth-order valence-corrected chi connectivity index (χ4v) is 6.07. The van der Waals surface area contributed by atoms with Crippen LogP contribution in [-0.4, -0.2) is 65.6 Å². The largest absolute Gasteiger partial charge is 0.350 e. The minimum atomic E-state index is -0.650. The fourth-order valence-electron chi connectivity index (χ4n) is 5.86. The molecule has 43 heavy (non-hydrogen) atoms. The van der Waals surface area contributed by atoms with Crippen molar-refractivity contribution in [2.75, 3.05) is 13.7 Å². The van der Waals surface area contributed by atoms with Gasteiger partial charge < -0.3 is 43.0 Å². The van der Waals surface area contributed by atoms with E-state index >= 15 is 0 Å². The normalized spacial score (nSPS) is 22.3. The van der Waals surface area contributed by atoms with Crippen LogP contribution in [0.5, 0.6) is 0 Å². The Labute approximate surface area is 258 Å². The van der Waals surface area contributed by atoms with Crippen LogP contribution in [0.25, 0.3) is 0 Å². The molecule has 6 atom stereocenters. The number of amides is 3. The van der Waals surface area contributed by atoms with Crippen molar-refractivity contribution in [2.24, 2.45) is 11.5 Å². The predicted molar refractivity (Wildman–Crippen MR) is 170 cm³/mol. The summed E-state index contributed by atoms with van der Waals surface area (Å²) in [5.41, 5.74) is 14.4. The Bertz CT molecular complexity index is 1260. The minimum absolute atomic E-state index is 0.0204. The van der Waals surface area contributed by atoms with Gasteiger partial charge >= 0.3 is 0 Å². The molecule has 2 aliphatic rings. The minimum Gasteiger partial charge on any atom is -0.350 e. The Hall–Kier alpha value is -3.58. The lowest BCUT2D eigenvalue weighted by molar-refractivity contribution is -0.144. The number of nitrogens with zero attached hydrogens (tertiary/aromatic N) is 1. The van der Waals surface area contributed by atoms with Gasteiger partial charge in [-0.25, -0.2) is 0 Å². The first-order chi connectivity index (χ1) is 20.7. The highest BCUT2D eigenvalue weighted by molar-refractivity contribution is 7.80. The molecule has 2 aromatic carbocycles. The topological polar surface area (TPSA) is 167 Å². The molecule has 3 amide bonds. The third-order valence-electron chi connectivity index (χ3n) is 8.38. The average Bonchev–Trinajstić information content (AvgIpc) is 3.43. The number of thiocarbonyl (C=S) groups is 1. The van der Waals surface area contributed by atoms with Gasteiger partial charge in [-0.05, 0) is 68.6 Å². The number of nitrogens with two attached hydrogens (primary N) is 2. The van der Waals surface area contributed by atoms with Crippen molar-refractivity contribution < 1.29 is 14.4 Å².